The van der Waals surface area contributed by atoms with Crippen molar-refractivity contribution in [2.24, 2.45) is 0 Å². The first-order chi connectivity index (χ1) is 11.7. The predicted octanol–water partition coefficient (Wildman–Crippen LogP) is 1.33. The van der Waals surface area contributed by atoms with E-state index in [1.807, 2.05) is 12.1 Å². The summed E-state index contributed by atoms with van der Waals surface area (Å²) in [7, 11) is 2.16. The smallest absolute Gasteiger partial charge is 0.244 e. The molecule has 4 heterocycles. The normalized spacial score (nSPS) is 26.9. The molecule has 24 heavy (non-hydrogen) atoms. The number of pyridine rings is 1. The van der Waals surface area contributed by atoms with Gasteiger partial charge in [-0.15, -0.1) is 0 Å². The van der Waals surface area contributed by atoms with E-state index in [-0.39, 0.29) is 12.1 Å². The monoisotopic (exact) mass is 329 g/mol. The molecule has 0 amide bonds. The van der Waals surface area contributed by atoms with Crippen molar-refractivity contribution in [2.75, 3.05) is 26.7 Å². The molecule has 2 unspecified atom stereocenters. The van der Waals surface area contributed by atoms with Crippen molar-refractivity contribution in [1.29, 1.82) is 0 Å². The molecule has 4 rings (SSSR count). The lowest BCUT2D eigenvalue weighted by Crippen LogP contribution is -2.43. The second-order valence-corrected chi connectivity index (χ2v) is 6.83. The molecular weight excluding hydrogens is 306 g/mol. The summed E-state index contributed by atoms with van der Waals surface area (Å²) < 4.78 is 5.54. The van der Waals surface area contributed by atoms with Crippen LogP contribution in [0, 0.1) is 0 Å². The van der Waals surface area contributed by atoms with E-state index in [9.17, 15) is 5.11 Å². The fourth-order valence-electron chi connectivity index (χ4n) is 3.79. The molecule has 2 aliphatic heterocycles. The standard InChI is InChI=1S/C17H23N5O2/c1-21-7-4-13(5-8-21)22-11-14(23)9-15(22)17-19-16(20-24-17)12-3-2-6-18-10-12/h2-3,6,10,13-15,23H,4-5,7-9,11H2,1H3. The average Bonchev–Trinajstić information content (AvgIpc) is 3.23. The summed E-state index contributed by atoms with van der Waals surface area (Å²) in [4.78, 5) is 13.4. The molecule has 2 aromatic heterocycles. The van der Waals surface area contributed by atoms with Crippen molar-refractivity contribution in [3.05, 3.63) is 30.4 Å². The maximum Gasteiger partial charge on any atom is 0.244 e. The van der Waals surface area contributed by atoms with Crippen LogP contribution in [-0.4, -0.2) is 68.9 Å². The number of aliphatic hydroxyl groups excluding tert-OH is 1. The van der Waals surface area contributed by atoms with Crippen LogP contribution in [0.4, 0.5) is 0 Å². The van der Waals surface area contributed by atoms with Crippen molar-refractivity contribution in [2.45, 2.75) is 37.5 Å². The number of hydrogen-bond donors (Lipinski definition) is 1. The van der Waals surface area contributed by atoms with Gasteiger partial charge >= 0.3 is 0 Å². The van der Waals surface area contributed by atoms with E-state index in [1.165, 1.54) is 0 Å². The molecule has 128 valence electrons. The number of β-amino-alcohol motifs (C(OH)–C–C–N with tert-alkyl or cyclic N) is 1. The van der Waals surface area contributed by atoms with E-state index in [0.29, 0.717) is 30.7 Å². The number of rotatable bonds is 3. The van der Waals surface area contributed by atoms with Gasteiger partial charge in [-0.05, 0) is 51.5 Å². The zero-order valence-electron chi connectivity index (χ0n) is 13.9. The van der Waals surface area contributed by atoms with Crippen molar-refractivity contribution in [3.63, 3.8) is 0 Å². The third-order valence-electron chi connectivity index (χ3n) is 5.12. The van der Waals surface area contributed by atoms with Crippen molar-refractivity contribution >= 4 is 0 Å². The molecule has 7 heteroatoms. The summed E-state index contributed by atoms with van der Waals surface area (Å²) in [6.07, 6.45) is 6.00. The molecule has 1 N–H and O–H groups in total. The van der Waals surface area contributed by atoms with Gasteiger partial charge in [-0.25, -0.2) is 0 Å². The molecule has 2 aromatic rings. The van der Waals surface area contributed by atoms with Gasteiger partial charge in [0.2, 0.25) is 11.7 Å². The highest BCUT2D eigenvalue weighted by Gasteiger charge is 2.40. The molecule has 0 aliphatic carbocycles. The molecular formula is C17H23N5O2. The van der Waals surface area contributed by atoms with E-state index in [4.69, 9.17) is 4.52 Å². The van der Waals surface area contributed by atoms with E-state index in [1.54, 1.807) is 12.4 Å². The number of piperidine rings is 1. The number of likely N-dealkylation sites (tertiary alicyclic amines) is 2. The van der Waals surface area contributed by atoms with Gasteiger partial charge in [0, 0.05) is 30.5 Å². The van der Waals surface area contributed by atoms with Crippen LogP contribution in [0.2, 0.25) is 0 Å². The van der Waals surface area contributed by atoms with Gasteiger partial charge in [0.15, 0.2) is 0 Å². The van der Waals surface area contributed by atoms with Crippen LogP contribution in [0.3, 0.4) is 0 Å². The highest BCUT2D eigenvalue weighted by Crippen LogP contribution is 2.36. The van der Waals surface area contributed by atoms with Gasteiger partial charge in [0.05, 0.1) is 12.1 Å². The Morgan fingerprint density at radius 2 is 2.12 bits per heavy atom. The number of hydrogen-bond acceptors (Lipinski definition) is 7. The third kappa shape index (κ3) is 3.07. The fraction of sp³-hybridized carbons (Fsp3) is 0.588. The van der Waals surface area contributed by atoms with Gasteiger partial charge < -0.3 is 14.5 Å². The third-order valence-corrected chi connectivity index (χ3v) is 5.12. The summed E-state index contributed by atoms with van der Waals surface area (Å²) in [6.45, 7) is 2.87. The second-order valence-electron chi connectivity index (χ2n) is 6.83. The van der Waals surface area contributed by atoms with Crippen LogP contribution in [0.25, 0.3) is 11.4 Å². The summed E-state index contributed by atoms with van der Waals surface area (Å²) in [5.41, 5.74) is 0.844. The highest BCUT2D eigenvalue weighted by molar-refractivity contribution is 5.51. The van der Waals surface area contributed by atoms with Gasteiger partial charge in [-0.3, -0.25) is 9.88 Å². The molecule has 2 aliphatic rings. The van der Waals surface area contributed by atoms with Crippen LogP contribution in [-0.2, 0) is 0 Å². The summed E-state index contributed by atoms with van der Waals surface area (Å²) in [5, 5.41) is 14.3. The molecule has 0 bridgehead atoms. The molecule has 2 fully saturated rings. The Kier molecular flexibility index (Phi) is 4.30. The molecule has 0 aromatic carbocycles. The van der Waals surface area contributed by atoms with Crippen LogP contribution >= 0.6 is 0 Å². The van der Waals surface area contributed by atoms with Crippen LogP contribution in [0.5, 0.6) is 0 Å². The van der Waals surface area contributed by atoms with E-state index < -0.39 is 0 Å². The van der Waals surface area contributed by atoms with Crippen LogP contribution in [0.1, 0.15) is 31.2 Å². The highest BCUT2D eigenvalue weighted by atomic mass is 16.5. The maximum absolute atomic E-state index is 10.2. The second kappa shape index (κ2) is 6.58. The van der Waals surface area contributed by atoms with E-state index in [2.05, 4.69) is 32.0 Å². The predicted molar refractivity (Wildman–Crippen MR) is 88.1 cm³/mol. The summed E-state index contributed by atoms with van der Waals surface area (Å²) in [5.74, 6) is 1.16. The topological polar surface area (TPSA) is 78.5 Å². The van der Waals surface area contributed by atoms with Crippen molar-refractivity contribution < 1.29 is 9.63 Å². The van der Waals surface area contributed by atoms with Crippen LogP contribution < -0.4 is 0 Å². The van der Waals surface area contributed by atoms with Gasteiger partial charge in [-0.2, -0.15) is 4.98 Å². The average molecular weight is 329 g/mol. The van der Waals surface area contributed by atoms with Gasteiger partial charge in [0.1, 0.15) is 0 Å². The Bertz CT molecular complexity index is 669. The Morgan fingerprint density at radius 1 is 1.29 bits per heavy atom. The molecule has 0 spiro atoms. The Hall–Kier alpha value is -1.83. The molecule has 2 atom stereocenters. The van der Waals surface area contributed by atoms with Crippen molar-refractivity contribution in [1.82, 2.24) is 24.9 Å². The molecule has 0 saturated carbocycles. The Labute approximate surface area is 141 Å². The first-order valence-electron chi connectivity index (χ1n) is 8.57. The van der Waals surface area contributed by atoms with Gasteiger partial charge in [0.25, 0.3) is 0 Å². The minimum Gasteiger partial charge on any atom is -0.392 e. The molecule has 7 nitrogen and oxygen atoms in total. The zero-order valence-corrected chi connectivity index (χ0v) is 13.9. The summed E-state index contributed by atoms with van der Waals surface area (Å²) in [6, 6.07) is 4.25. The Morgan fingerprint density at radius 3 is 2.88 bits per heavy atom. The lowest BCUT2D eigenvalue weighted by atomic mass is 10.0. The van der Waals surface area contributed by atoms with Crippen molar-refractivity contribution in [3.8, 4) is 11.4 Å². The zero-order chi connectivity index (χ0) is 16.5. The number of aliphatic hydroxyl groups is 1. The molecule has 2 saturated heterocycles. The van der Waals surface area contributed by atoms with Crippen LogP contribution in [0.15, 0.2) is 29.0 Å². The first-order valence-corrected chi connectivity index (χ1v) is 8.57. The first kappa shape index (κ1) is 15.7. The lowest BCUT2D eigenvalue weighted by Gasteiger charge is -2.37. The van der Waals surface area contributed by atoms with E-state index in [0.717, 1.165) is 31.5 Å². The SMILES string of the molecule is CN1CCC(N2CC(O)CC2c2nc(-c3cccnc3)no2)CC1. The fourth-order valence-corrected chi connectivity index (χ4v) is 3.79. The minimum atomic E-state index is -0.330. The largest absolute Gasteiger partial charge is 0.392 e. The summed E-state index contributed by atoms with van der Waals surface area (Å²) >= 11 is 0. The molecule has 0 radical (unpaired) electrons. The number of nitrogens with zero attached hydrogens (tertiary/aromatic N) is 5. The lowest BCUT2D eigenvalue weighted by molar-refractivity contribution is 0.0881. The maximum atomic E-state index is 10.2. The number of aromatic nitrogens is 3. The Balaban J connectivity index is 1.54. The van der Waals surface area contributed by atoms with Gasteiger partial charge in [-0.1, -0.05) is 5.16 Å². The minimum absolute atomic E-state index is 0.00586. The quantitative estimate of drug-likeness (QED) is 0.910. The van der Waals surface area contributed by atoms with E-state index >= 15 is 0 Å².